The summed E-state index contributed by atoms with van der Waals surface area (Å²) in [6.45, 7) is 1.68. The van der Waals surface area contributed by atoms with E-state index in [-0.39, 0.29) is 12.0 Å². The van der Waals surface area contributed by atoms with Gasteiger partial charge in [0.05, 0.1) is 19.6 Å². The Bertz CT molecular complexity index is 343. The second-order valence-electron chi connectivity index (χ2n) is 3.27. The van der Waals surface area contributed by atoms with Gasteiger partial charge in [-0.15, -0.1) is 0 Å². The molecule has 1 unspecified atom stereocenters. The highest BCUT2D eigenvalue weighted by atomic mass is 19.1. The standard InChI is InChI=1S/C11H13FO3/c1-7-4-3-5-8(12)11(7)9(13)6-10(14)15-2/h3-5,9,13H,6H2,1-2H3. The Morgan fingerprint density at radius 2 is 2.27 bits per heavy atom. The van der Waals surface area contributed by atoms with Gasteiger partial charge < -0.3 is 9.84 Å². The first-order valence-electron chi connectivity index (χ1n) is 4.56. The van der Waals surface area contributed by atoms with E-state index in [9.17, 15) is 14.3 Å². The average Bonchev–Trinajstić information content (AvgIpc) is 2.17. The van der Waals surface area contributed by atoms with Crippen LogP contribution in [0.1, 0.15) is 23.7 Å². The van der Waals surface area contributed by atoms with Crippen LogP contribution in [0.5, 0.6) is 0 Å². The van der Waals surface area contributed by atoms with Crippen LogP contribution in [-0.4, -0.2) is 18.2 Å². The molecule has 0 spiro atoms. The number of methoxy groups -OCH3 is 1. The lowest BCUT2D eigenvalue weighted by Gasteiger charge is -2.13. The molecule has 1 aromatic rings. The zero-order chi connectivity index (χ0) is 11.4. The highest BCUT2D eigenvalue weighted by Gasteiger charge is 2.18. The molecular formula is C11H13FO3. The first kappa shape index (κ1) is 11.7. The molecule has 1 atom stereocenters. The topological polar surface area (TPSA) is 46.5 Å². The van der Waals surface area contributed by atoms with Crippen molar-refractivity contribution >= 4 is 5.97 Å². The van der Waals surface area contributed by atoms with E-state index < -0.39 is 17.9 Å². The summed E-state index contributed by atoms with van der Waals surface area (Å²) < 4.78 is 17.7. The number of carbonyl (C=O) groups excluding carboxylic acids is 1. The van der Waals surface area contributed by atoms with Gasteiger partial charge in [0.2, 0.25) is 0 Å². The summed E-state index contributed by atoms with van der Waals surface area (Å²) in [5.41, 5.74) is 0.773. The third-order valence-electron chi connectivity index (χ3n) is 2.19. The van der Waals surface area contributed by atoms with Crippen molar-refractivity contribution in [1.82, 2.24) is 0 Å². The van der Waals surface area contributed by atoms with E-state index >= 15 is 0 Å². The molecule has 0 saturated carbocycles. The molecule has 0 bridgehead atoms. The van der Waals surface area contributed by atoms with Gasteiger partial charge in [-0.25, -0.2) is 4.39 Å². The maximum atomic E-state index is 13.3. The van der Waals surface area contributed by atoms with E-state index in [4.69, 9.17) is 0 Å². The smallest absolute Gasteiger partial charge is 0.308 e. The minimum Gasteiger partial charge on any atom is -0.469 e. The molecule has 0 amide bonds. The van der Waals surface area contributed by atoms with E-state index in [2.05, 4.69) is 4.74 Å². The molecule has 0 radical (unpaired) electrons. The molecule has 1 N–H and O–H groups in total. The van der Waals surface area contributed by atoms with Crippen molar-refractivity contribution in [3.63, 3.8) is 0 Å². The van der Waals surface area contributed by atoms with Crippen LogP contribution in [0.4, 0.5) is 4.39 Å². The Kier molecular flexibility index (Phi) is 3.80. The number of ether oxygens (including phenoxy) is 1. The molecule has 0 aliphatic carbocycles. The highest BCUT2D eigenvalue weighted by molar-refractivity contribution is 5.70. The van der Waals surface area contributed by atoms with Crippen molar-refractivity contribution in [1.29, 1.82) is 0 Å². The van der Waals surface area contributed by atoms with Gasteiger partial charge in [0.25, 0.3) is 0 Å². The Hall–Kier alpha value is -1.42. The molecule has 4 heteroatoms. The fraction of sp³-hybridized carbons (Fsp3) is 0.364. The van der Waals surface area contributed by atoms with Crippen LogP contribution in [0.3, 0.4) is 0 Å². The fourth-order valence-corrected chi connectivity index (χ4v) is 1.41. The number of aryl methyl sites for hydroxylation is 1. The number of hydrogen-bond acceptors (Lipinski definition) is 3. The van der Waals surface area contributed by atoms with Gasteiger partial charge in [-0.05, 0) is 18.6 Å². The second-order valence-corrected chi connectivity index (χ2v) is 3.27. The summed E-state index contributed by atoms with van der Waals surface area (Å²) in [5, 5.41) is 9.64. The van der Waals surface area contributed by atoms with Crippen LogP contribution >= 0.6 is 0 Å². The predicted octanol–water partition coefficient (Wildman–Crippen LogP) is 1.73. The number of benzene rings is 1. The lowest BCUT2D eigenvalue weighted by atomic mass is 10.0. The first-order valence-corrected chi connectivity index (χ1v) is 4.56. The van der Waals surface area contributed by atoms with E-state index in [1.165, 1.54) is 13.2 Å². The van der Waals surface area contributed by atoms with Gasteiger partial charge in [-0.2, -0.15) is 0 Å². The predicted molar refractivity (Wildman–Crippen MR) is 52.7 cm³/mol. The summed E-state index contributed by atoms with van der Waals surface area (Å²) in [6, 6.07) is 4.49. The van der Waals surface area contributed by atoms with Crippen molar-refractivity contribution in [2.24, 2.45) is 0 Å². The molecule has 1 aromatic carbocycles. The number of halogens is 1. The van der Waals surface area contributed by atoms with Crippen molar-refractivity contribution in [3.05, 3.63) is 35.1 Å². The van der Waals surface area contributed by atoms with Gasteiger partial charge in [0.1, 0.15) is 5.82 Å². The average molecular weight is 212 g/mol. The monoisotopic (exact) mass is 212 g/mol. The Labute approximate surface area is 87.5 Å². The molecule has 1 rings (SSSR count). The number of rotatable bonds is 3. The quantitative estimate of drug-likeness (QED) is 0.776. The molecule has 0 aromatic heterocycles. The van der Waals surface area contributed by atoms with E-state index in [0.29, 0.717) is 5.56 Å². The van der Waals surface area contributed by atoms with Gasteiger partial charge in [-0.1, -0.05) is 12.1 Å². The summed E-state index contributed by atoms with van der Waals surface area (Å²) in [5.74, 6) is -1.07. The lowest BCUT2D eigenvalue weighted by Crippen LogP contribution is -2.10. The van der Waals surface area contributed by atoms with Crippen LogP contribution in [0.15, 0.2) is 18.2 Å². The molecule has 82 valence electrons. The second kappa shape index (κ2) is 4.89. The summed E-state index contributed by atoms with van der Waals surface area (Å²) in [4.78, 5) is 10.9. The largest absolute Gasteiger partial charge is 0.469 e. The van der Waals surface area contributed by atoms with E-state index in [0.717, 1.165) is 0 Å². The van der Waals surface area contributed by atoms with Gasteiger partial charge in [-0.3, -0.25) is 4.79 Å². The molecule has 0 aliphatic heterocycles. The fourth-order valence-electron chi connectivity index (χ4n) is 1.41. The van der Waals surface area contributed by atoms with Gasteiger partial charge >= 0.3 is 5.97 Å². The van der Waals surface area contributed by atoms with Crippen LogP contribution in [0, 0.1) is 12.7 Å². The number of esters is 1. The molecule has 15 heavy (non-hydrogen) atoms. The number of aliphatic hydroxyl groups is 1. The number of hydrogen-bond donors (Lipinski definition) is 1. The normalized spacial score (nSPS) is 12.3. The molecule has 0 aliphatic rings. The summed E-state index contributed by atoms with van der Waals surface area (Å²) >= 11 is 0. The van der Waals surface area contributed by atoms with E-state index in [1.807, 2.05) is 0 Å². The summed E-state index contributed by atoms with van der Waals surface area (Å²) in [6.07, 6.45) is -1.39. The minimum atomic E-state index is -1.15. The third kappa shape index (κ3) is 2.76. The third-order valence-corrected chi connectivity index (χ3v) is 2.19. The van der Waals surface area contributed by atoms with Crippen molar-refractivity contribution in [2.75, 3.05) is 7.11 Å². The maximum absolute atomic E-state index is 13.3. The Morgan fingerprint density at radius 1 is 1.60 bits per heavy atom. The SMILES string of the molecule is COC(=O)CC(O)c1c(C)cccc1F. The molecule has 3 nitrogen and oxygen atoms in total. The Morgan fingerprint density at radius 3 is 2.80 bits per heavy atom. The lowest BCUT2D eigenvalue weighted by molar-refractivity contribution is -0.142. The number of aliphatic hydroxyl groups excluding tert-OH is 1. The van der Waals surface area contributed by atoms with Crippen LogP contribution in [0.2, 0.25) is 0 Å². The van der Waals surface area contributed by atoms with Crippen molar-refractivity contribution in [2.45, 2.75) is 19.4 Å². The van der Waals surface area contributed by atoms with Gasteiger partial charge in [0, 0.05) is 5.56 Å². The van der Waals surface area contributed by atoms with Crippen LogP contribution < -0.4 is 0 Å². The first-order chi connectivity index (χ1) is 7.06. The molecule has 0 saturated heterocycles. The minimum absolute atomic E-state index is 0.155. The van der Waals surface area contributed by atoms with Crippen molar-refractivity contribution < 1.29 is 19.0 Å². The van der Waals surface area contributed by atoms with Gasteiger partial charge in [0.15, 0.2) is 0 Å². The molecular weight excluding hydrogens is 199 g/mol. The zero-order valence-corrected chi connectivity index (χ0v) is 8.66. The maximum Gasteiger partial charge on any atom is 0.308 e. The summed E-state index contributed by atoms with van der Waals surface area (Å²) in [7, 11) is 1.23. The molecule has 0 fully saturated rings. The zero-order valence-electron chi connectivity index (χ0n) is 8.66. The van der Waals surface area contributed by atoms with Crippen molar-refractivity contribution in [3.8, 4) is 0 Å². The van der Waals surface area contributed by atoms with Crippen LogP contribution in [0.25, 0.3) is 0 Å². The number of carbonyl (C=O) groups is 1. The van der Waals surface area contributed by atoms with Crippen LogP contribution in [-0.2, 0) is 9.53 Å². The Balaban J connectivity index is 2.90. The highest BCUT2D eigenvalue weighted by Crippen LogP contribution is 2.23. The molecule has 0 heterocycles. The van der Waals surface area contributed by atoms with E-state index in [1.54, 1.807) is 19.1 Å².